The third-order valence-electron chi connectivity index (χ3n) is 4.98. The second-order valence-corrected chi connectivity index (χ2v) is 7.61. The second kappa shape index (κ2) is 7.67. The Morgan fingerprint density at radius 2 is 1.85 bits per heavy atom. The average molecular weight is 422 g/mol. The zero-order valence-corrected chi connectivity index (χ0v) is 16.7. The van der Waals surface area contributed by atoms with E-state index in [2.05, 4.69) is 39.4 Å². The van der Waals surface area contributed by atoms with Crippen molar-refractivity contribution in [2.45, 2.75) is 20.0 Å². The number of halogens is 1. The number of fused-ring (bicyclic) bond motifs is 1. The summed E-state index contributed by atoms with van der Waals surface area (Å²) in [4.78, 5) is 12.6. The molecule has 4 heteroatoms. The van der Waals surface area contributed by atoms with Crippen LogP contribution in [0.1, 0.15) is 27.0 Å². The third-order valence-corrected chi connectivity index (χ3v) is 5.44. The summed E-state index contributed by atoms with van der Waals surface area (Å²) in [6.07, 6.45) is 0.922. The Kier molecular flexibility index (Phi) is 5.10. The van der Waals surface area contributed by atoms with Gasteiger partial charge >= 0.3 is 0 Å². The van der Waals surface area contributed by atoms with Gasteiger partial charge in [0.05, 0.1) is 13.2 Å². The molecule has 0 atom stereocenters. The van der Waals surface area contributed by atoms with Gasteiger partial charge < -0.3 is 10.1 Å². The molecule has 0 aliphatic carbocycles. The summed E-state index contributed by atoms with van der Waals surface area (Å²) in [6, 6.07) is 19.6. The highest BCUT2D eigenvalue weighted by Crippen LogP contribution is 2.36. The van der Waals surface area contributed by atoms with Gasteiger partial charge in [0, 0.05) is 15.7 Å². The molecule has 0 unspecified atom stereocenters. The van der Waals surface area contributed by atoms with Crippen molar-refractivity contribution in [3.63, 3.8) is 0 Å². The Morgan fingerprint density at radius 1 is 1.04 bits per heavy atom. The molecule has 4 rings (SSSR count). The summed E-state index contributed by atoms with van der Waals surface area (Å²) in [5.74, 6) is -0.101. The van der Waals surface area contributed by atoms with E-state index >= 15 is 0 Å². The van der Waals surface area contributed by atoms with Gasteiger partial charge in [-0.1, -0.05) is 46.3 Å². The molecule has 1 heterocycles. The minimum absolute atomic E-state index is 0.101. The topological polar surface area (TPSA) is 38.3 Å². The van der Waals surface area contributed by atoms with Crippen molar-refractivity contribution in [3.8, 4) is 11.1 Å². The molecule has 136 valence electrons. The smallest absolute Gasteiger partial charge is 0.255 e. The summed E-state index contributed by atoms with van der Waals surface area (Å²) in [5, 5.41) is 3.05. The number of hydrogen-bond acceptors (Lipinski definition) is 2. The highest BCUT2D eigenvalue weighted by atomic mass is 79.9. The Bertz CT molecular complexity index is 999. The lowest BCUT2D eigenvalue weighted by molar-refractivity contribution is 0.102. The van der Waals surface area contributed by atoms with E-state index in [1.807, 2.05) is 49.4 Å². The van der Waals surface area contributed by atoms with E-state index in [1.54, 1.807) is 0 Å². The standard InChI is InChI=1S/C23H20BrNO2/c1-15-19(20-13-18(24)12-17-10-11-27-14-21(17)20)8-5-9-22(15)25-23(26)16-6-3-2-4-7-16/h2-9,12-13H,10-11,14H2,1H3,(H,25,26). The van der Waals surface area contributed by atoms with Crippen LogP contribution in [0.15, 0.2) is 65.1 Å². The number of ether oxygens (including phenoxy) is 1. The van der Waals surface area contributed by atoms with Crippen LogP contribution in [0.2, 0.25) is 0 Å². The van der Waals surface area contributed by atoms with Crippen LogP contribution in [0.5, 0.6) is 0 Å². The number of carbonyl (C=O) groups excluding carboxylic acids is 1. The first-order valence-corrected chi connectivity index (χ1v) is 9.78. The molecule has 0 spiro atoms. The van der Waals surface area contributed by atoms with Crippen molar-refractivity contribution in [2.24, 2.45) is 0 Å². The van der Waals surface area contributed by atoms with Crippen LogP contribution in [-0.4, -0.2) is 12.5 Å². The fraction of sp³-hybridized carbons (Fsp3) is 0.174. The molecular formula is C23H20BrNO2. The van der Waals surface area contributed by atoms with Gasteiger partial charge in [0.25, 0.3) is 5.91 Å². The number of amides is 1. The molecule has 0 aromatic heterocycles. The lowest BCUT2D eigenvalue weighted by atomic mass is 9.90. The predicted molar refractivity (Wildman–Crippen MR) is 112 cm³/mol. The number of rotatable bonds is 3. The molecule has 1 N–H and O–H groups in total. The van der Waals surface area contributed by atoms with Crippen molar-refractivity contribution in [2.75, 3.05) is 11.9 Å². The van der Waals surface area contributed by atoms with Gasteiger partial charge in [-0.25, -0.2) is 0 Å². The van der Waals surface area contributed by atoms with E-state index in [9.17, 15) is 4.79 Å². The van der Waals surface area contributed by atoms with Gasteiger partial charge in [0.1, 0.15) is 0 Å². The highest BCUT2D eigenvalue weighted by molar-refractivity contribution is 9.10. The largest absolute Gasteiger partial charge is 0.376 e. The fourth-order valence-corrected chi connectivity index (χ4v) is 4.04. The van der Waals surface area contributed by atoms with Crippen molar-refractivity contribution < 1.29 is 9.53 Å². The molecule has 27 heavy (non-hydrogen) atoms. The molecule has 0 radical (unpaired) electrons. The number of anilines is 1. The summed E-state index contributed by atoms with van der Waals surface area (Å²) < 4.78 is 6.77. The van der Waals surface area contributed by atoms with E-state index in [4.69, 9.17) is 4.74 Å². The first kappa shape index (κ1) is 18.0. The Balaban J connectivity index is 1.73. The van der Waals surface area contributed by atoms with E-state index in [0.717, 1.165) is 39.9 Å². The number of carbonyl (C=O) groups is 1. The SMILES string of the molecule is Cc1c(NC(=O)c2ccccc2)cccc1-c1cc(Br)cc2c1COCC2. The minimum atomic E-state index is -0.101. The normalized spacial score (nSPS) is 13.1. The summed E-state index contributed by atoms with van der Waals surface area (Å²) in [7, 11) is 0. The molecule has 3 nitrogen and oxygen atoms in total. The van der Waals surface area contributed by atoms with Crippen LogP contribution in [0.25, 0.3) is 11.1 Å². The molecule has 0 bridgehead atoms. The first-order valence-electron chi connectivity index (χ1n) is 8.99. The quantitative estimate of drug-likeness (QED) is 0.584. The van der Waals surface area contributed by atoms with Crippen molar-refractivity contribution in [3.05, 3.63) is 87.4 Å². The van der Waals surface area contributed by atoms with Crippen molar-refractivity contribution in [1.82, 2.24) is 0 Å². The maximum atomic E-state index is 12.6. The first-order chi connectivity index (χ1) is 13.1. The number of benzene rings is 3. The lowest BCUT2D eigenvalue weighted by Gasteiger charge is -2.22. The molecule has 0 fully saturated rings. The maximum Gasteiger partial charge on any atom is 0.255 e. The summed E-state index contributed by atoms with van der Waals surface area (Å²) >= 11 is 3.64. The molecular weight excluding hydrogens is 402 g/mol. The van der Waals surface area contributed by atoms with E-state index in [0.29, 0.717) is 12.2 Å². The van der Waals surface area contributed by atoms with E-state index in [1.165, 1.54) is 11.1 Å². The number of hydrogen-bond donors (Lipinski definition) is 1. The Hall–Kier alpha value is -2.43. The second-order valence-electron chi connectivity index (χ2n) is 6.69. The summed E-state index contributed by atoms with van der Waals surface area (Å²) in [6.45, 7) is 3.43. The maximum absolute atomic E-state index is 12.6. The molecule has 0 saturated carbocycles. The average Bonchev–Trinajstić information content (AvgIpc) is 2.69. The molecule has 1 aliphatic heterocycles. The fourth-order valence-electron chi connectivity index (χ4n) is 3.53. The van der Waals surface area contributed by atoms with Crippen LogP contribution in [0, 0.1) is 6.92 Å². The number of nitrogens with one attached hydrogen (secondary N) is 1. The van der Waals surface area contributed by atoms with Gasteiger partial charge in [0.2, 0.25) is 0 Å². The summed E-state index contributed by atoms with van der Waals surface area (Å²) in [5.41, 5.74) is 7.36. The van der Waals surface area contributed by atoms with Crippen LogP contribution >= 0.6 is 15.9 Å². The van der Waals surface area contributed by atoms with Gasteiger partial charge in [-0.15, -0.1) is 0 Å². The lowest BCUT2D eigenvalue weighted by Crippen LogP contribution is -2.13. The molecule has 0 saturated heterocycles. The van der Waals surface area contributed by atoms with Crippen LogP contribution in [-0.2, 0) is 17.8 Å². The zero-order valence-electron chi connectivity index (χ0n) is 15.1. The van der Waals surface area contributed by atoms with E-state index in [-0.39, 0.29) is 5.91 Å². The highest BCUT2D eigenvalue weighted by Gasteiger charge is 2.18. The molecule has 3 aromatic carbocycles. The molecule has 3 aromatic rings. The minimum Gasteiger partial charge on any atom is -0.376 e. The Morgan fingerprint density at radius 3 is 2.67 bits per heavy atom. The Labute approximate surface area is 167 Å². The van der Waals surface area contributed by atoms with E-state index < -0.39 is 0 Å². The van der Waals surface area contributed by atoms with Crippen LogP contribution in [0.3, 0.4) is 0 Å². The zero-order chi connectivity index (χ0) is 18.8. The third kappa shape index (κ3) is 3.68. The van der Waals surface area contributed by atoms with Crippen LogP contribution in [0.4, 0.5) is 5.69 Å². The van der Waals surface area contributed by atoms with Gasteiger partial charge in [-0.05, 0) is 71.5 Å². The van der Waals surface area contributed by atoms with Gasteiger partial charge in [-0.3, -0.25) is 4.79 Å². The monoisotopic (exact) mass is 421 g/mol. The predicted octanol–water partition coefficient (Wildman–Crippen LogP) is 5.75. The van der Waals surface area contributed by atoms with Crippen molar-refractivity contribution >= 4 is 27.5 Å². The van der Waals surface area contributed by atoms with Gasteiger partial charge in [0.15, 0.2) is 0 Å². The van der Waals surface area contributed by atoms with Crippen molar-refractivity contribution in [1.29, 1.82) is 0 Å². The van der Waals surface area contributed by atoms with Crippen LogP contribution < -0.4 is 5.32 Å². The van der Waals surface area contributed by atoms with Gasteiger partial charge in [-0.2, -0.15) is 0 Å². The molecule has 1 aliphatic rings. The molecule has 1 amide bonds.